The van der Waals surface area contributed by atoms with E-state index >= 15 is 0 Å². The molecule has 2 aliphatic heterocycles. The van der Waals surface area contributed by atoms with Crippen molar-refractivity contribution in [3.8, 4) is 0 Å². The minimum atomic E-state index is -0.110. The van der Waals surface area contributed by atoms with Gasteiger partial charge in [-0.15, -0.1) is 0 Å². The molecule has 0 spiro atoms. The molecule has 2 heterocycles. The third kappa shape index (κ3) is 2.95. The number of hydrogen-bond acceptors (Lipinski definition) is 4. The van der Waals surface area contributed by atoms with Crippen LogP contribution < -0.4 is 10.2 Å². The Balaban J connectivity index is 2.03. The summed E-state index contributed by atoms with van der Waals surface area (Å²) in [6, 6.07) is 6.37. The minimum absolute atomic E-state index is 0.0131. The number of fused-ring (bicyclic) bond motifs is 1. The first-order valence-electron chi connectivity index (χ1n) is 7.68. The summed E-state index contributed by atoms with van der Waals surface area (Å²) in [6.07, 6.45) is 4.21. The zero-order valence-corrected chi connectivity index (χ0v) is 15.4. The first-order valence-corrected chi connectivity index (χ1v) is 8.90. The van der Waals surface area contributed by atoms with Gasteiger partial charge in [-0.1, -0.05) is 36.1 Å². The lowest BCUT2D eigenvalue weighted by molar-refractivity contribution is -0.115. The van der Waals surface area contributed by atoms with Crippen LogP contribution in [0.25, 0.3) is 11.6 Å². The predicted molar refractivity (Wildman–Crippen MR) is 104 cm³/mol. The van der Waals surface area contributed by atoms with E-state index in [2.05, 4.69) is 62.2 Å². The zero-order chi connectivity index (χ0) is 16.8. The van der Waals surface area contributed by atoms with Crippen molar-refractivity contribution in [3.05, 3.63) is 40.3 Å². The number of nitrogens with zero attached hydrogens (tertiary/aromatic N) is 1. The molecule has 0 atom stereocenters. The maximum atomic E-state index is 11.8. The molecule has 1 fully saturated rings. The van der Waals surface area contributed by atoms with Crippen LogP contribution in [-0.4, -0.2) is 22.3 Å². The van der Waals surface area contributed by atoms with Crippen molar-refractivity contribution in [2.45, 2.75) is 33.2 Å². The molecule has 1 aromatic rings. The van der Waals surface area contributed by atoms with E-state index in [0.717, 1.165) is 12.1 Å². The van der Waals surface area contributed by atoms with Gasteiger partial charge in [0.25, 0.3) is 5.91 Å². The lowest BCUT2D eigenvalue weighted by atomic mass is 9.88. The first kappa shape index (κ1) is 16.3. The molecule has 1 saturated heterocycles. The average Bonchev–Trinajstić information content (AvgIpc) is 2.77. The third-order valence-corrected chi connectivity index (χ3v) is 5.42. The van der Waals surface area contributed by atoms with E-state index in [1.54, 1.807) is 0 Å². The van der Waals surface area contributed by atoms with E-state index in [9.17, 15) is 4.79 Å². The summed E-state index contributed by atoms with van der Waals surface area (Å²) in [5, 5.41) is 2.65. The Morgan fingerprint density at radius 2 is 2.13 bits per heavy atom. The van der Waals surface area contributed by atoms with Gasteiger partial charge in [-0.25, -0.2) is 0 Å². The highest BCUT2D eigenvalue weighted by Crippen LogP contribution is 2.39. The monoisotopic (exact) mass is 344 g/mol. The largest absolute Gasteiger partial charge is 0.363 e. The van der Waals surface area contributed by atoms with Crippen molar-refractivity contribution in [2.75, 3.05) is 11.4 Å². The topological polar surface area (TPSA) is 32.3 Å². The predicted octanol–water partition coefficient (Wildman–Crippen LogP) is 4.20. The minimum Gasteiger partial charge on any atom is -0.363 e. The number of rotatable bonds is 2. The van der Waals surface area contributed by atoms with E-state index in [0.29, 0.717) is 9.23 Å². The maximum Gasteiger partial charge on any atom is 0.263 e. The van der Waals surface area contributed by atoms with Crippen molar-refractivity contribution in [2.24, 2.45) is 0 Å². The summed E-state index contributed by atoms with van der Waals surface area (Å²) in [5.41, 5.74) is 4.79. The van der Waals surface area contributed by atoms with Gasteiger partial charge in [-0.3, -0.25) is 4.79 Å². The molecule has 5 heteroatoms. The van der Waals surface area contributed by atoms with Crippen LogP contribution >= 0.6 is 24.0 Å². The SMILES string of the molecule is CCN1c2ccc(/C=C3/SC(=S)NC3=O)cc2C(C)=CC1(C)C. The molecule has 0 aliphatic carbocycles. The van der Waals surface area contributed by atoms with Crippen LogP contribution in [0.1, 0.15) is 38.8 Å². The Hall–Kier alpha value is -1.59. The van der Waals surface area contributed by atoms with Gasteiger partial charge in [0.1, 0.15) is 4.32 Å². The van der Waals surface area contributed by atoms with Crippen LogP contribution in [0.5, 0.6) is 0 Å². The maximum absolute atomic E-state index is 11.8. The number of carbonyl (C=O) groups is 1. The molecule has 0 aromatic heterocycles. The zero-order valence-electron chi connectivity index (χ0n) is 13.8. The Labute approximate surface area is 146 Å². The van der Waals surface area contributed by atoms with E-state index in [1.807, 2.05) is 6.08 Å². The van der Waals surface area contributed by atoms with Crippen LogP contribution in [0, 0.1) is 0 Å². The van der Waals surface area contributed by atoms with Crippen LogP contribution in [0.4, 0.5) is 5.69 Å². The summed E-state index contributed by atoms with van der Waals surface area (Å²) in [4.78, 5) is 14.9. The number of amides is 1. The number of anilines is 1. The Morgan fingerprint density at radius 3 is 2.74 bits per heavy atom. The number of thiocarbonyl (C=S) groups is 1. The van der Waals surface area contributed by atoms with Crippen molar-refractivity contribution < 1.29 is 4.79 Å². The number of hydrogen-bond donors (Lipinski definition) is 1. The summed E-state index contributed by atoms with van der Waals surface area (Å²) in [5.74, 6) is -0.110. The molecule has 3 nitrogen and oxygen atoms in total. The Kier molecular flexibility index (Phi) is 4.10. The van der Waals surface area contributed by atoms with E-state index < -0.39 is 0 Å². The van der Waals surface area contributed by atoms with Crippen LogP contribution in [0.15, 0.2) is 29.2 Å². The Morgan fingerprint density at radius 1 is 1.39 bits per heavy atom. The van der Waals surface area contributed by atoms with E-state index in [-0.39, 0.29) is 11.4 Å². The molecule has 0 saturated carbocycles. The normalized spacial score (nSPS) is 21.3. The number of carbonyl (C=O) groups excluding carboxylic acids is 1. The lowest BCUT2D eigenvalue weighted by Gasteiger charge is -2.42. The number of likely N-dealkylation sites (N-methyl/N-ethyl adjacent to an activating group) is 1. The highest BCUT2D eigenvalue weighted by molar-refractivity contribution is 8.26. The van der Waals surface area contributed by atoms with E-state index in [4.69, 9.17) is 12.2 Å². The van der Waals surface area contributed by atoms with Gasteiger partial charge in [-0.2, -0.15) is 0 Å². The lowest BCUT2D eigenvalue weighted by Crippen LogP contribution is -2.44. The van der Waals surface area contributed by atoms with Gasteiger partial charge in [0.15, 0.2) is 0 Å². The van der Waals surface area contributed by atoms with Crippen LogP contribution in [-0.2, 0) is 4.79 Å². The average molecular weight is 345 g/mol. The second-order valence-corrected chi connectivity index (χ2v) is 8.07. The molecule has 120 valence electrons. The smallest absolute Gasteiger partial charge is 0.263 e. The fraction of sp³-hybridized carbons (Fsp3) is 0.333. The summed E-state index contributed by atoms with van der Waals surface area (Å²) in [7, 11) is 0. The fourth-order valence-electron chi connectivity index (χ4n) is 3.34. The number of benzene rings is 1. The highest BCUT2D eigenvalue weighted by atomic mass is 32.2. The molecule has 1 N–H and O–H groups in total. The molecule has 2 aliphatic rings. The molecular weight excluding hydrogens is 324 g/mol. The Bertz CT molecular complexity index is 762. The van der Waals surface area contributed by atoms with Gasteiger partial charge in [0.05, 0.1) is 10.4 Å². The third-order valence-electron chi connectivity index (χ3n) is 4.26. The van der Waals surface area contributed by atoms with Gasteiger partial charge < -0.3 is 10.2 Å². The number of allylic oxidation sites excluding steroid dienone is 1. The van der Waals surface area contributed by atoms with Crippen molar-refractivity contribution in [1.82, 2.24) is 5.32 Å². The van der Waals surface area contributed by atoms with Crippen molar-refractivity contribution in [3.63, 3.8) is 0 Å². The fourth-order valence-corrected chi connectivity index (χ4v) is 4.39. The van der Waals surface area contributed by atoms with Crippen molar-refractivity contribution in [1.29, 1.82) is 0 Å². The molecule has 0 unspecified atom stereocenters. The molecule has 0 radical (unpaired) electrons. The molecular formula is C18H20N2OS2. The molecule has 1 aromatic carbocycles. The summed E-state index contributed by atoms with van der Waals surface area (Å²) in [6.45, 7) is 9.75. The first-order chi connectivity index (χ1) is 10.8. The van der Waals surface area contributed by atoms with Gasteiger partial charge in [0.2, 0.25) is 0 Å². The molecule has 0 bridgehead atoms. The quantitative estimate of drug-likeness (QED) is 0.644. The van der Waals surface area contributed by atoms with E-state index in [1.165, 1.54) is 28.6 Å². The standard InChI is InChI=1S/C18H20N2OS2/c1-5-20-14-7-6-12(9-15-16(21)19-17(22)23-15)8-13(14)11(2)10-18(20,3)4/h6-10H,5H2,1-4H3,(H,19,21,22)/b15-9+. The summed E-state index contributed by atoms with van der Waals surface area (Å²) < 4.78 is 0.522. The molecule has 23 heavy (non-hydrogen) atoms. The van der Waals surface area contributed by atoms with Crippen molar-refractivity contribution >= 4 is 51.5 Å². The van der Waals surface area contributed by atoms with Gasteiger partial charge in [0, 0.05) is 17.8 Å². The summed E-state index contributed by atoms with van der Waals surface area (Å²) >= 11 is 6.35. The second kappa shape index (κ2) is 5.80. The highest BCUT2D eigenvalue weighted by Gasteiger charge is 2.30. The van der Waals surface area contributed by atoms with Crippen LogP contribution in [0.2, 0.25) is 0 Å². The van der Waals surface area contributed by atoms with Crippen LogP contribution in [0.3, 0.4) is 0 Å². The van der Waals surface area contributed by atoms with Gasteiger partial charge >= 0.3 is 0 Å². The van der Waals surface area contributed by atoms with Gasteiger partial charge in [-0.05, 0) is 57.0 Å². The number of thioether (sulfide) groups is 1. The molecule has 1 amide bonds. The second-order valence-electron chi connectivity index (χ2n) is 6.35. The molecule has 3 rings (SSSR count). The number of nitrogens with one attached hydrogen (secondary N) is 1.